The van der Waals surface area contributed by atoms with E-state index >= 15 is 0 Å². The molecule has 0 saturated carbocycles. The second-order valence-electron chi connectivity index (χ2n) is 5.07. The van der Waals surface area contributed by atoms with Gasteiger partial charge in [-0.25, -0.2) is 19.5 Å². The number of benzene rings is 1. The van der Waals surface area contributed by atoms with Crippen LogP contribution in [0.1, 0.15) is 10.4 Å². The number of ether oxygens (including phenoxy) is 1. The largest absolute Gasteiger partial charge is 0.464 e. The highest BCUT2D eigenvalue weighted by atomic mass is 19.4. The second-order valence-corrected chi connectivity index (χ2v) is 5.07. The molecule has 26 heavy (non-hydrogen) atoms. The third kappa shape index (κ3) is 3.73. The Morgan fingerprint density at radius 1 is 1.08 bits per heavy atom. The van der Waals surface area contributed by atoms with E-state index in [0.29, 0.717) is 0 Å². The fourth-order valence-corrected chi connectivity index (χ4v) is 2.10. The van der Waals surface area contributed by atoms with Gasteiger partial charge in [-0.1, -0.05) is 18.2 Å². The summed E-state index contributed by atoms with van der Waals surface area (Å²) in [5, 5.41) is 3.41. The van der Waals surface area contributed by atoms with Crippen LogP contribution < -0.4 is 15.6 Å². The van der Waals surface area contributed by atoms with E-state index in [0.717, 1.165) is 19.2 Å². The van der Waals surface area contributed by atoms with Crippen molar-refractivity contribution in [2.45, 2.75) is 11.8 Å². The van der Waals surface area contributed by atoms with Crippen LogP contribution in [0.5, 0.6) is 0 Å². The number of H-pyrrole nitrogens is 1. The van der Waals surface area contributed by atoms with Crippen molar-refractivity contribution in [2.75, 3.05) is 12.4 Å². The van der Waals surface area contributed by atoms with Crippen LogP contribution in [0.2, 0.25) is 0 Å². The highest BCUT2D eigenvalue weighted by Crippen LogP contribution is 2.32. The van der Waals surface area contributed by atoms with E-state index in [9.17, 15) is 27.2 Å². The summed E-state index contributed by atoms with van der Waals surface area (Å²) >= 11 is 0. The van der Waals surface area contributed by atoms with E-state index < -0.39 is 35.1 Å². The molecule has 0 saturated heterocycles. The molecular weight excluding hydrogens is 358 g/mol. The normalized spacial score (nSPS) is 13.4. The lowest BCUT2D eigenvalue weighted by Gasteiger charge is -2.30. The fraction of sp³-hybridized carbons (Fsp3) is 0.188. The molecule has 0 spiro atoms. The van der Waals surface area contributed by atoms with Crippen LogP contribution in [0.25, 0.3) is 0 Å². The molecule has 1 amide bonds. The zero-order valence-electron chi connectivity index (χ0n) is 13.4. The Hall–Kier alpha value is -3.17. The van der Waals surface area contributed by atoms with E-state index in [1.807, 2.05) is 5.32 Å². The van der Waals surface area contributed by atoms with Crippen LogP contribution in [0.15, 0.2) is 48.7 Å². The molecule has 0 aliphatic heterocycles. The molecule has 0 unspecified atom stereocenters. The predicted octanol–water partition coefficient (Wildman–Crippen LogP) is 1.91. The molecule has 0 fully saturated rings. The molecule has 6 nitrogen and oxygen atoms in total. The summed E-state index contributed by atoms with van der Waals surface area (Å²) in [6.07, 6.45) is -4.01. The van der Waals surface area contributed by atoms with Gasteiger partial charge in [-0.15, -0.1) is 0 Å². The molecule has 1 aromatic carbocycles. The molecule has 138 valence electrons. The maximum absolute atomic E-state index is 13.8. The van der Waals surface area contributed by atoms with Crippen molar-refractivity contribution in [1.82, 2.24) is 5.32 Å². The van der Waals surface area contributed by atoms with Crippen molar-refractivity contribution >= 4 is 17.7 Å². The van der Waals surface area contributed by atoms with Crippen molar-refractivity contribution < 1.29 is 36.9 Å². The molecule has 1 atom stereocenters. The fourth-order valence-electron chi connectivity index (χ4n) is 2.10. The Kier molecular flexibility index (Phi) is 5.44. The van der Waals surface area contributed by atoms with E-state index in [1.54, 1.807) is 0 Å². The van der Waals surface area contributed by atoms with Gasteiger partial charge >= 0.3 is 17.8 Å². The van der Waals surface area contributed by atoms with E-state index in [1.165, 1.54) is 41.8 Å². The van der Waals surface area contributed by atoms with Gasteiger partial charge in [-0.3, -0.25) is 10.1 Å². The number of carbonyl (C=O) groups is 2. The average molecular weight is 372 g/mol. The lowest BCUT2D eigenvalue weighted by atomic mass is 10.1. The molecule has 0 aliphatic rings. The third-order valence-corrected chi connectivity index (χ3v) is 3.37. The first kappa shape index (κ1) is 19.2. The Bertz CT molecular complexity index is 799. The van der Waals surface area contributed by atoms with Crippen LogP contribution in [0.4, 0.5) is 23.4 Å². The van der Waals surface area contributed by atoms with Gasteiger partial charge in [0.15, 0.2) is 0 Å². The number of esters is 1. The van der Waals surface area contributed by atoms with E-state index in [4.69, 9.17) is 0 Å². The molecule has 0 bridgehead atoms. The maximum atomic E-state index is 13.8. The zero-order chi connectivity index (χ0) is 19.4. The van der Waals surface area contributed by atoms with Gasteiger partial charge in [0.2, 0.25) is 0 Å². The number of pyridine rings is 1. The molecule has 3 N–H and O–H groups in total. The van der Waals surface area contributed by atoms with Gasteiger partial charge in [0.25, 0.3) is 11.7 Å². The first-order chi connectivity index (χ1) is 12.2. The van der Waals surface area contributed by atoms with Crippen LogP contribution in [-0.2, 0) is 9.53 Å². The van der Waals surface area contributed by atoms with Gasteiger partial charge in [0.1, 0.15) is 5.82 Å². The number of aromatic amines is 1. The lowest BCUT2D eigenvalue weighted by Crippen LogP contribution is -2.69. The molecule has 2 rings (SSSR count). The summed E-state index contributed by atoms with van der Waals surface area (Å²) in [5.41, 5.74) is -4.30. The first-order valence-electron chi connectivity index (χ1n) is 7.18. The minimum absolute atomic E-state index is 0.232. The Morgan fingerprint density at radius 3 is 2.27 bits per heavy atom. The Labute approximate surface area is 145 Å². The van der Waals surface area contributed by atoms with Crippen LogP contribution in [-0.4, -0.2) is 30.8 Å². The second kappa shape index (κ2) is 7.38. The van der Waals surface area contributed by atoms with Gasteiger partial charge in [-0.2, -0.15) is 13.2 Å². The molecule has 1 aromatic heterocycles. The summed E-state index contributed by atoms with van der Waals surface area (Å²) in [4.78, 5) is 26.7. The average Bonchev–Trinajstić information content (AvgIpc) is 2.60. The van der Waals surface area contributed by atoms with Crippen LogP contribution in [0, 0.1) is 5.82 Å². The van der Waals surface area contributed by atoms with Crippen molar-refractivity contribution in [3.05, 3.63) is 60.0 Å². The number of rotatable bonds is 5. The highest BCUT2D eigenvalue weighted by Gasteiger charge is 2.67. The van der Waals surface area contributed by atoms with Crippen LogP contribution in [0.3, 0.4) is 0 Å². The summed E-state index contributed by atoms with van der Waals surface area (Å²) < 4.78 is 59.3. The first-order valence-corrected chi connectivity index (χ1v) is 7.18. The number of carbonyl (C=O) groups excluding carboxylic acids is 2. The molecule has 2 aromatic rings. The number of amides is 1. The number of methoxy groups -OCH3 is 1. The summed E-state index contributed by atoms with van der Waals surface area (Å²) in [5.74, 6) is -4.55. The third-order valence-electron chi connectivity index (χ3n) is 3.37. The van der Waals surface area contributed by atoms with Crippen molar-refractivity contribution in [2.24, 2.45) is 0 Å². The van der Waals surface area contributed by atoms with Gasteiger partial charge < -0.3 is 4.74 Å². The molecule has 0 radical (unpaired) electrons. The maximum Gasteiger partial charge on any atom is 0.464 e. The molecule has 1 heterocycles. The minimum Gasteiger partial charge on any atom is -0.464 e. The molecule has 10 heteroatoms. The Morgan fingerprint density at radius 2 is 1.73 bits per heavy atom. The number of nitrogens with one attached hydrogen (secondary N) is 3. The Balaban J connectivity index is 2.50. The van der Waals surface area contributed by atoms with Crippen LogP contribution >= 0.6 is 0 Å². The zero-order valence-corrected chi connectivity index (χ0v) is 13.4. The quantitative estimate of drug-likeness (QED) is 0.477. The van der Waals surface area contributed by atoms with Gasteiger partial charge in [-0.05, 0) is 18.2 Å². The van der Waals surface area contributed by atoms with Crippen molar-refractivity contribution in [3.63, 3.8) is 0 Å². The number of hydrogen-bond donors (Lipinski definition) is 2. The molecular formula is C16H14F4N3O3+. The van der Waals surface area contributed by atoms with Gasteiger partial charge in [0, 0.05) is 6.07 Å². The number of alkyl halides is 3. The van der Waals surface area contributed by atoms with E-state index in [2.05, 4.69) is 9.72 Å². The van der Waals surface area contributed by atoms with Crippen molar-refractivity contribution in [3.8, 4) is 0 Å². The summed E-state index contributed by atoms with van der Waals surface area (Å²) in [7, 11) is 0.731. The summed E-state index contributed by atoms with van der Waals surface area (Å²) in [6, 6.07) is 8.52. The monoisotopic (exact) mass is 372 g/mol. The minimum atomic E-state index is -5.31. The van der Waals surface area contributed by atoms with Gasteiger partial charge in [0.05, 0.1) is 18.9 Å². The number of halogens is 4. The number of aromatic nitrogens is 1. The van der Waals surface area contributed by atoms with Crippen molar-refractivity contribution in [1.29, 1.82) is 0 Å². The van der Waals surface area contributed by atoms with E-state index in [-0.39, 0.29) is 5.82 Å². The lowest BCUT2D eigenvalue weighted by molar-refractivity contribution is -0.363. The topological polar surface area (TPSA) is 81.6 Å². The smallest absolute Gasteiger partial charge is 0.464 e. The molecule has 0 aliphatic carbocycles. The number of anilines is 1. The standard InChI is InChI=1S/C16H13F4N3O3/c1-26-14(25)15(16(18,19)20,22-12-8-4-5-9-21-12)23-13(24)10-6-2-3-7-11(10)17/h2-9H,1H3,(H,21,22)(H,23,24)/p+1/t15-/m0/s1. The highest BCUT2D eigenvalue weighted by molar-refractivity contribution is 5.99. The number of hydrogen-bond acceptors (Lipinski definition) is 4. The summed E-state index contributed by atoms with van der Waals surface area (Å²) in [6.45, 7) is 0. The SMILES string of the molecule is COC(=O)[C@@](NC(=O)c1ccccc1F)(Nc1cccc[nH+]1)C(F)(F)F. The predicted molar refractivity (Wildman–Crippen MR) is 81.3 cm³/mol.